The van der Waals surface area contributed by atoms with Crippen LogP contribution in [0.5, 0.6) is 5.75 Å². The van der Waals surface area contributed by atoms with Crippen molar-refractivity contribution < 1.29 is 19.0 Å². The van der Waals surface area contributed by atoms with Crippen LogP contribution in [-0.2, 0) is 14.3 Å². The zero-order valence-electron chi connectivity index (χ0n) is 16.4. The zero-order valence-corrected chi connectivity index (χ0v) is 16.4. The average molecular weight is 364 g/mol. The summed E-state index contributed by atoms with van der Waals surface area (Å²) in [6.45, 7) is 11.0. The lowest BCUT2D eigenvalue weighted by molar-refractivity contribution is -0.137. The van der Waals surface area contributed by atoms with E-state index in [9.17, 15) is 4.79 Å². The SMILES string of the molecule is COC(C)(CC(C)C)C(=O)Nc1ccc(OCCN2CCOCC2)cc1. The molecule has 0 radical (unpaired) electrons. The highest BCUT2D eigenvalue weighted by atomic mass is 16.5. The summed E-state index contributed by atoms with van der Waals surface area (Å²) in [5, 5.41) is 2.93. The highest BCUT2D eigenvalue weighted by molar-refractivity contribution is 5.97. The van der Waals surface area contributed by atoms with Gasteiger partial charge in [-0.15, -0.1) is 0 Å². The molecule has 1 amide bonds. The number of ether oxygens (including phenoxy) is 3. The van der Waals surface area contributed by atoms with Gasteiger partial charge in [-0.2, -0.15) is 0 Å². The second-order valence-electron chi connectivity index (χ2n) is 7.31. The number of hydrogen-bond acceptors (Lipinski definition) is 5. The van der Waals surface area contributed by atoms with E-state index in [-0.39, 0.29) is 5.91 Å². The van der Waals surface area contributed by atoms with Gasteiger partial charge in [0.15, 0.2) is 0 Å². The number of anilines is 1. The highest BCUT2D eigenvalue weighted by Crippen LogP contribution is 2.23. The van der Waals surface area contributed by atoms with Gasteiger partial charge in [0.25, 0.3) is 5.91 Å². The Morgan fingerprint density at radius 1 is 1.27 bits per heavy atom. The third-order valence-corrected chi connectivity index (χ3v) is 4.62. The molecule has 1 unspecified atom stereocenters. The molecule has 0 aromatic heterocycles. The second kappa shape index (κ2) is 9.90. The van der Waals surface area contributed by atoms with E-state index >= 15 is 0 Å². The number of benzene rings is 1. The van der Waals surface area contributed by atoms with Crippen molar-refractivity contribution in [2.24, 2.45) is 5.92 Å². The summed E-state index contributed by atoms with van der Waals surface area (Å²) in [6.07, 6.45) is 0.665. The molecule has 1 atom stereocenters. The zero-order chi connectivity index (χ0) is 19.0. The van der Waals surface area contributed by atoms with Gasteiger partial charge in [-0.25, -0.2) is 0 Å². The molecule has 146 valence electrons. The van der Waals surface area contributed by atoms with Gasteiger partial charge < -0.3 is 19.5 Å². The molecule has 1 saturated heterocycles. The largest absolute Gasteiger partial charge is 0.492 e. The molecule has 2 rings (SSSR count). The number of amides is 1. The molecule has 6 nitrogen and oxygen atoms in total. The molecule has 1 aliphatic heterocycles. The van der Waals surface area contributed by atoms with Crippen molar-refractivity contribution in [1.82, 2.24) is 4.90 Å². The summed E-state index contributed by atoms with van der Waals surface area (Å²) in [7, 11) is 1.58. The van der Waals surface area contributed by atoms with Crippen molar-refractivity contribution in [3.05, 3.63) is 24.3 Å². The lowest BCUT2D eigenvalue weighted by Crippen LogP contribution is -2.43. The van der Waals surface area contributed by atoms with Crippen LogP contribution in [-0.4, -0.2) is 63.0 Å². The first kappa shape index (κ1) is 20.7. The Balaban J connectivity index is 1.81. The van der Waals surface area contributed by atoms with Crippen LogP contribution in [0.1, 0.15) is 27.2 Å². The molecule has 0 bridgehead atoms. The van der Waals surface area contributed by atoms with Crippen molar-refractivity contribution in [3.8, 4) is 5.75 Å². The van der Waals surface area contributed by atoms with Gasteiger partial charge in [0.05, 0.1) is 13.2 Å². The van der Waals surface area contributed by atoms with Crippen LogP contribution in [0.25, 0.3) is 0 Å². The molecular weight excluding hydrogens is 332 g/mol. The van der Waals surface area contributed by atoms with Crippen molar-refractivity contribution in [2.45, 2.75) is 32.8 Å². The van der Waals surface area contributed by atoms with Crippen LogP contribution in [0.2, 0.25) is 0 Å². The van der Waals surface area contributed by atoms with Gasteiger partial charge in [0, 0.05) is 32.4 Å². The quantitative estimate of drug-likeness (QED) is 0.730. The first-order valence-electron chi connectivity index (χ1n) is 9.32. The Labute approximate surface area is 156 Å². The van der Waals surface area contributed by atoms with E-state index in [2.05, 4.69) is 24.1 Å². The summed E-state index contributed by atoms with van der Waals surface area (Å²) < 4.78 is 16.6. The number of methoxy groups -OCH3 is 1. The third-order valence-electron chi connectivity index (χ3n) is 4.62. The van der Waals surface area contributed by atoms with Crippen LogP contribution in [0, 0.1) is 5.92 Å². The summed E-state index contributed by atoms with van der Waals surface area (Å²) >= 11 is 0. The maximum absolute atomic E-state index is 12.5. The van der Waals surface area contributed by atoms with E-state index < -0.39 is 5.60 Å². The predicted octanol–water partition coefficient (Wildman–Crippen LogP) is 2.79. The Kier molecular flexibility index (Phi) is 7.87. The minimum Gasteiger partial charge on any atom is -0.492 e. The first-order chi connectivity index (χ1) is 12.4. The molecule has 0 aliphatic carbocycles. The monoisotopic (exact) mass is 364 g/mol. The molecule has 0 spiro atoms. The van der Waals surface area contributed by atoms with Crippen molar-refractivity contribution in [1.29, 1.82) is 0 Å². The Hall–Kier alpha value is -1.63. The minimum absolute atomic E-state index is 0.130. The van der Waals surface area contributed by atoms with E-state index in [4.69, 9.17) is 14.2 Å². The fourth-order valence-corrected chi connectivity index (χ4v) is 3.06. The summed E-state index contributed by atoms with van der Waals surface area (Å²) in [5.74, 6) is 1.04. The molecule has 1 aromatic carbocycles. The van der Waals surface area contributed by atoms with E-state index in [0.717, 1.165) is 44.3 Å². The summed E-state index contributed by atoms with van der Waals surface area (Å²) in [5.41, 5.74) is -0.0934. The molecule has 1 heterocycles. The lowest BCUT2D eigenvalue weighted by Gasteiger charge is -2.28. The molecule has 26 heavy (non-hydrogen) atoms. The van der Waals surface area contributed by atoms with E-state index in [0.29, 0.717) is 18.9 Å². The third kappa shape index (κ3) is 6.27. The number of carbonyl (C=O) groups excluding carboxylic acids is 1. The number of carbonyl (C=O) groups is 1. The van der Waals surface area contributed by atoms with E-state index in [1.807, 2.05) is 31.2 Å². The molecule has 6 heteroatoms. The number of nitrogens with one attached hydrogen (secondary N) is 1. The van der Waals surface area contributed by atoms with Crippen LogP contribution in [0.3, 0.4) is 0 Å². The van der Waals surface area contributed by atoms with E-state index in [1.54, 1.807) is 7.11 Å². The van der Waals surface area contributed by atoms with Crippen LogP contribution in [0.4, 0.5) is 5.69 Å². The lowest BCUT2D eigenvalue weighted by atomic mass is 9.93. The van der Waals surface area contributed by atoms with Crippen LogP contribution < -0.4 is 10.1 Å². The summed E-state index contributed by atoms with van der Waals surface area (Å²) in [6, 6.07) is 7.46. The molecule has 1 N–H and O–H groups in total. The van der Waals surface area contributed by atoms with Gasteiger partial charge in [0.2, 0.25) is 0 Å². The van der Waals surface area contributed by atoms with Gasteiger partial charge in [-0.3, -0.25) is 9.69 Å². The number of nitrogens with zero attached hydrogens (tertiary/aromatic N) is 1. The fourth-order valence-electron chi connectivity index (χ4n) is 3.06. The Morgan fingerprint density at radius 3 is 2.50 bits per heavy atom. The second-order valence-corrected chi connectivity index (χ2v) is 7.31. The van der Waals surface area contributed by atoms with Gasteiger partial charge in [-0.1, -0.05) is 13.8 Å². The highest BCUT2D eigenvalue weighted by Gasteiger charge is 2.33. The van der Waals surface area contributed by atoms with Crippen LogP contribution in [0.15, 0.2) is 24.3 Å². The standard InChI is InChI=1S/C20H32N2O4/c1-16(2)15-20(3,24-4)19(23)21-17-5-7-18(8-6-17)26-14-11-22-9-12-25-13-10-22/h5-8,16H,9-15H2,1-4H3,(H,21,23). The molecule has 0 saturated carbocycles. The van der Waals surface area contributed by atoms with Gasteiger partial charge in [-0.05, 0) is 43.5 Å². The minimum atomic E-state index is -0.832. The van der Waals surface area contributed by atoms with Gasteiger partial charge >= 0.3 is 0 Å². The fraction of sp³-hybridized carbons (Fsp3) is 0.650. The number of hydrogen-bond donors (Lipinski definition) is 1. The number of rotatable bonds is 9. The first-order valence-corrected chi connectivity index (χ1v) is 9.32. The average Bonchev–Trinajstić information content (AvgIpc) is 2.63. The maximum Gasteiger partial charge on any atom is 0.256 e. The molecule has 1 aromatic rings. The van der Waals surface area contributed by atoms with Crippen LogP contribution >= 0.6 is 0 Å². The number of morpholine rings is 1. The molecule has 1 aliphatic rings. The Morgan fingerprint density at radius 2 is 1.92 bits per heavy atom. The van der Waals surface area contributed by atoms with Gasteiger partial charge in [0.1, 0.15) is 18.0 Å². The topological polar surface area (TPSA) is 60.0 Å². The summed E-state index contributed by atoms with van der Waals surface area (Å²) in [4.78, 5) is 14.9. The smallest absolute Gasteiger partial charge is 0.256 e. The maximum atomic E-state index is 12.5. The van der Waals surface area contributed by atoms with Crippen molar-refractivity contribution in [3.63, 3.8) is 0 Å². The van der Waals surface area contributed by atoms with E-state index in [1.165, 1.54) is 0 Å². The normalized spacial score (nSPS) is 17.7. The molecule has 1 fully saturated rings. The Bertz CT molecular complexity index is 555. The van der Waals surface area contributed by atoms with Crippen molar-refractivity contribution >= 4 is 11.6 Å². The molecular formula is C20H32N2O4. The van der Waals surface area contributed by atoms with Crippen molar-refractivity contribution in [2.75, 3.05) is 51.9 Å². The predicted molar refractivity (Wildman–Crippen MR) is 103 cm³/mol.